The Labute approximate surface area is 131 Å². The Kier molecular flexibility index (Phi) is 5.99. The van der Waals surface area contributed by atoms with Crippen molar-refractivity contribution in [1.29, 1.82) is 0 Å². The maximum atomic E-state index is 12.6. The molecule has 0 saturated carbocycles. The summed E-state index contributed by atoms with van der Waals surface area (Å²) >= 11 is 4.67. The van der Waals surface area contributed by atoms with Crippen molar-refractivity contribution in [1.82, 2.24) is 4.31 Å². The standard InChI is InChI=1S/C11H18BrN3O3S2/c1-4-15(6-7(2)11(13)14-16)20(17,18)9-5-10(12)19-8(9)3/h5,7,16H,4,6H2,1-3H3,(H2,13,14). The van der Waals surface area contributed by atoms with E-state index < -0.39 is 10.0 Å². The van der Waals surface area contributed by atoms with Crippen molar-refractivity contribution in [2.24, 2.45) is 16.8 Å². The molecule has 0 fully saturated rings. The molecular formula is C11H18BrN3O3S2. The van der Waals surface area contributed by atoms with Crippen LogP contribution in [0, 0.1) is 12.8 Å². The number of rotatable bonds is 6. The second-order valence-electron chi connectivity index (χ2n) is 4.35. The first-order valence-corrected chi connectivity index (χ1v) is 9.02. The molecule has 1 heterocycles. The van der Waals surface area contributed by atoms with Crippen molar-refractivity contribution < 1.29 is 13.6 Å². The van der Waals surface area contributed by atoms with Crippen molar-refractivity contribution in [2.75, 3.05) is 13.1 Å². The van der Waals surface area contributed by atoms with Gasteiger partial charge in [-0.1, -0.05) is 19.0 Å². The topological polar surface area (TPSA) is 96.0 Å². The van der Waals surface area contributed by atoms with Crippen molar-refractivity contribution in [3.63, 3.8) is 0 Å². The van der Waals surface area contributed by atoms with Gasteiger partial charge in [0.15, 0.2) is 0 Å². The normalized spacial score (nSPS) is 14.8. The van der Waals surface area contributed by atoms with Gasteiger partial charge in [-0.15, -0.1) is 11.3 Å². The lowest BCUT2D eigenvalue weighted by atomic mass is 10.1. The first kappa shape index (κ1) is 17.4. The monoisotopic (exact) mass is 383 g/mol. The van der Waals surface area contributed by atoms with E-state index in [1.807, 2.05) is 0 Å². The molecule has 1 aromatic rings. The van der Waals surface area contributed by atoms with Crippen LogP contribution in [0.4, 0.5) is 0 Å². The number of aryl methyl sites for hydroxylation is 1. The van der Waals surface area contributed by atoms with Gasteiger partial charge >= 0.3 is 0 Å². The minimum absolute atomic E-state index is 0.0156. The summed E-state index contributed by atoms with van der Waals surface area (Å²) in [6, 6.07) is 1.60. The highest BCUT2D eigenvalue weighted by Gasteiger charge is 2.28. The summed E-state index contributed by atoms with van der Waals surface area (Å²) in [6.45, 7) is 5.72. The van der Waals surface area contributed by atoms with E-state index >= 15 is 0 Å². The van der Waals surface area contributed by atoms with Crippen LogP contribution >= 0.6 is 27.3 Å². The number of amidine groups is 1. The van der Waals surface area contributed by atoms with Crippen LogP contribution in [0.2, 0.25) is 0 Å². The molecule has 1 aromatic heterocycles. The lowest BCUT2D eigenvalue weighted by molar-refractivity contribution is 0.311. The Balaban J connectivity index is 3.08. The van der Waals surface area contributed by atoms with Gasteiger partial charge in [0.05, 0.1) is 8.68 Å². The molecule has 9 heteroatoms. The summed E-state index contributed by atoms with van der Waals surface area (Å²) in [5, 5.41) is 11.6. The maximum absolute atomic E-state index is 12.6. The molecule has 20 heavy (non-hydrogen) atoms. The van der Waals surface area contributed by atoms with Crippen LogP contribution in [-0.4, -0.2) is 36.9 Å². The highest BCUT2D eigenvalue weighted by atomic mass is 79.9. The zero-order chi connectivity index (χ0) is 15.5. The Hall–Kier alpha value is -0.640. The molecule has 1 rings (SSSR count). The van der Waals surface area contributed by atoms with Crippen LogP contribution in [-0.2, 0) is 10.0 Å². The molecule has 1 atom stereocenters. The third-order valence-electron chi connectivity index (χ3n) is 2.91. The predicted octanol–water partition coefficient (Wildman–Crippen LogP) is 2.21. The fourth-order valence-corrected chi connectivity index (χ4v) is 5.64. The Morgan fingerprint density at radius 2 is 2.25 bits per heavy atom. The summed E-state index contributed by atoms with van der Waals surface area (Å²) in [7, 11) is -3.58. The fourth-order valence-electron chi connectivity index (χ4n) is 1.72. The van der Waals surface area contributed by atoms with Crippen molar-refractivity contribution >= 4 is 43.1 Å². The first-order valence-electron chi connectivity index (χ1n) is 5.97. The molecule has 0 amide bonds. The van der Waals surface area contributed by atoms with Gasteiger partial charge in [0.2, 0.25) is 10.0 Å². The van der Waals surface area contributed by atoms with Gasteiger partial charge < -0.3 is 10.9 Å². The van der Waals surface area contributed by atoms with E-state index in [-0.39, 0.29) is 18.3 Å². The molecule has 1 unspecified atom stereocenters. The predicted molar refractivity (Wildman–Crippen MR) is 83.8 cm³/mol. The number of halogens is 1. The molecule has 0 aliphatic heterocycles. The largest absolute Gasteiger partial charge is 0.409 e. The lowest BCUT2D eigenvalue weighted by Gasteiger charge is -2.23. The van der Waals surface area contributed by atoms with Gasteiger partial charge in [0.1, 0.15) is 5.84 Å². The zero-order valence-corrected chi connectivity index (χ0v) is 14.7. The molecule has 0 aliphatic carbocycles. The summed E-state index contributed by atoms with van der Waals surface area (Å²) < 4.78 is 27.3. The summed E-state index contributed by atoms with van der Waals surface area (Å²) in [5.41, 5.74) is 5.51. The second kappa shape index (κ2) is 6.88. The lowest BCUT2D eigenvalue weighted by Crippen LogP contribution is -2.38. The number of oxime groups is 1. The summed E-state index contributed by atoms with van der Waals surface area (Å²) in [4.78, 5) is 1.02. The maximum Gasteiger partial charge on any atom is 0.244 e. The highest BCUT2D eigenvalue weighted by molar-refractivity contribution is 9.11. The number of hydrogen-bond acceptors (Lipinski definition) is 5. The SMILES string of the molecule is CCN(CC(C)/C(N)=N/O)S(=O)(=O)c1cc(Br)sc1C. The summed E-state index contributed by atoms with van der Waals surface area (Å²) in [5.74, 6) is -0.348. The van der Waals surface area contributed by atoms with Gasteiger partial charge in [0, 0.05) is 23.9 Å². The van der Waals surface area contributed by atoms with E-state index in [9.17, 15) is 8.42 Å². The number of nitrogens with zero attached hydrogens (tertiary/aromatic N) is 2. The zero-order valence-electron chi connectivity index (χ0n) is 11.5. The number of thiophene rings is 1. The third-order valence-corrected chi connectivity index (χ3v) is 6.66. The van der Waals surface area contributed by atoms with Crippen LogP contribution in [0.15, 0.2) is 19.9 Å². The molecule has 0 aromatic carbocycles. The molecule has 0 spiro atoms. The van der Waals surface area contributed by atoms with Gasteiger partial charge in [-0.25, -0.2) is 8.42 Å². The van der Waals surface area contributed by atoms with Crippen LogP contribution in [0.3, 0.4) is 0 Å². The molecule has 114 valence electrons. The smallest absolute Gasteiger partial charge is 0.244 e. The number of hydrogen-bond donors (Lipinski definition) is 2. The van der Waals surface area contributed by atoms with E-state index in [1.165, 1.54) is 15.6 Å². The van der Waals surface area contributed by atoms with Crippen molar-refractivity contribution in [3.8, 4) is 0 Å². The minimum atomic E-state index is -3.58. The Morgan fingerprint density at radius 1 is 1.65 bits per heavy atom. The van der Waals surface area contributed by atoms with Crippen molar-refractivity contribution in [3.05, 3.63) is 14.7 Å². The third kappa shape index (κ3) is 3.72. The van der Waals surface area contributed by atoms with E-state index in [0.717, 1.165) is 8.66 Å². The Morgan fingerprint density at radius 3 is 2.65 bits per heavy atom. The molecule has 3 N–H and O–H groups in total. The van der Waals surface area contributed by atoms with Gasteiger partial charge in [-0.2, -0.15) is 4.31 Å². The van der Waals surface area contributed by atoms with E-state index in [2.05, 4.69) is 21.1 Å². The van der Waals surface area contributed by atoms with E-state index in [1.54, 1.807) is 26.8 Å². The number of nitrogens with two attached hydrogens (primary N) is 1. The van der Waals surface area contributed by atoms with E-state index in [4.69, 9.17) is 10.9 Å². The molecule has 6 nitrogen and oxygen atoms in total. The molecule has 0 aliphatic rings. The average molecular weight is 384 g/mol. The quantitative estimate of drug-likeness (QED) is 0.340. The van der Waals surface area contributed by atoms with Crippen LogP contribution in [0.25, 0.3) is 0 Å². The average Bonchev–Trinajstić information content (AvgIpc) is 2.74. The fraction of sp³-hybridized carbons (Fsp3) is 0.545. The molecule has 0 saturated heterocycles. The first-order chi connectivity index (χ1) is 9.23. The highest BCUT2D eigenvalue weighted by Crippen LogP contribution is 2.31. The van der Waals surface area contributed by atoms with Crippen LogP contribution in [0.5, 0.6) is 0 Å². The molecule has 0 bridgehead atoms. The van der Waals surface area contributed by atoms with Gasteiger partial charge in [0.25, 0.3) is 0 Å². The van der Waals surface area contributed by atoms with Gasteiger partial charge in [-0.3, -0.25) is 0 Å². The second-order valence-corrected chi connectivity index (χ2v) is 8.89. The molecule has 0 radical (unpaired) electrons. The Bertz CT molecular complexity index is 598. The number of sulfonamides is 1. The van der Waals surface area contributed by atoms with Gasteiger partial charge in [-0.05, 0) is 28.9 Å². The minimum Gasteiger partial charge on any atom is -0.409 e. The van der Waals surface area contributed by atoms with Crippen LogP contribution in [0.1, 0.15) is 18.7 Å². The summed E-state index contributed by atoms with van der Waals surface area (Å²) in [6.07, 6.45) is 0. The van der Waals surface area contributed by atoms with Crippen LogP contribution < -0.4 is 5.73 Å². The van der Waals surface area contributed by atoms with E-state index in [0.29, 0.717) is 11.4 Å². The van der Waals surface area contributed by atoms with Crippen molar-refractivity contribution in [2.45, 2.75) is 25.7 Å². The molecular weight excluding hydrogens is 366 g/mol.